The summed E-state index contributed by atoms with van der Waals surface area (Å²) < 4.78 is 59.9. The Labute approximate surface area is 209 Å². The Hall–Kier alpha value is -4.34. The van der Waals surface area contributed by atoms with E-state index in [2.05, 4.69) is 0 Å². The van der Waals surface area contributed by atoms with E-state index in [0.29, 0.717) is 24.6 Å². The highest BCUT2D eigenvalue weighted by molar-refractivity contribution is 6.51. The number of alkyl halides is 3. The molecule has 1 fully saturated rings. The molecule has 1 atom stereocenters. The summed E-state index contributed by atoms with van der Waals surface area (Å²) >= 11 is 0. The number of amides is 1. The lowest BCUT2D eigenvalue weighted by molar-refractivity contribution is -0.137. The minimum Gasteiger partial charge on any atom is -0.507 e. The largest absolute Gasteiger partial charge is 0.507 e. The van der Waals surface area contributed by atoms with Crippen LogP contribution >= 0.6 is 0 Å². The molecule has 1 saturated heterocycles. The van der Waals surface area contributed by atoms with Gasteiger partial charge in [-0.2, -0.15) is 13.2 Å². The van der Waals surface area contributed by atoms with Crippen LogP contribution in [0.15, 0.2) is 72.3 Å². The van der Waals surface area contributed by atoms with Gasteiger partial charge in [0.15, 0.2) is 0 Å². The van der Waals surface area contributed by atoms with Gasteiger partial charge in [0.1, 0.15) is 23.9 Å². The highest BCUT2D eigenvalue weighted by Crippen LogP contribution is 2.44. The molecule has 1 amide bonds. The first kappa shape index (κ1) is 24.4. The first-order valence-electron chi connectivity index (χ1n) is 11.3. The lowest BCUT2D eigenvalue weighted by Crippen LogP contribution is -2.30. The van der Waals surface area contributed by atoms with E-state index in [-0.39, 0.29) is 22.4 Å². The van der Waals surface area contributed by atoms with Crippen LogP contribution < -0.4 is 14.5 Å². The molecule has 2 aliphatic rings. The van der Waals surface area contributed by atoms with Crippen molar-refractivity contribution in [3.05, 3.63) is 94.8 Å². The molecule has 0 saturated carbocycles. The molecular formula is C27H20F4N2O4. The number of hydrogen-bond donors (Lipinski definition) is 1. The van der Waals surface area contributed by atoms with Gasteiger partial charge in [-0.05, 0) is 48.5 Å². The van der Waals surface area contributed by atoms with Crippen LogP contribution in [-0.4, -0.2) is 37.0 Å². The zero-order chi connectivity index (χ0) is 26.5. The summed E-state index contributed by atoms with van der Waals surface area (Å²) in [7, 11) is 1.83. The van der Waals surface area contributed by atoms with Gasteiger partial charge >= 0.3 is 6.18 Å². The normalized spacial score (nSPS) is 19.1. The molecule has 1 unspecified atom stereocenters. The van der Waals surface area contributed by atoms with Gasteiger partial charge in [0, 0.05) is 23.9 Å². The Balaban J connectivity index is 1.68. The summed E-state index contributed by atoms with van der Waals surface area (Å²) in [5, 5.41) is 11.3. The second kappa shape index (κ2) is 8.95. The van der Waals surface area contributed by atoms with Crippen LogP contribution in [0.2, 0.25) is 0 Å². The highest BCUT2D eigenvalue weighted by atomic mass is 19.4. The van der Waals surface area contributed by atoms with E-state index >= 15 is 0 Å². The summed E-state index contributed by atoms with van der Waals surface area (Å²) in [4.78, 5) is 29.2. The third kappa shape index (κ3) is 4.18. The van der Waals surface area contributed by atoms with Crippen LogP contribution in [0, 0.1) is 5.82 Å². The van der Waals surface area contributed by atoms with Gasteiger partial charge in [-0.1, -0.05) is 18.2 Å². The summed E-state index contributed by atoms with van der Waals surface area (Å²) in [5.41, 5.74) is -0.634. The molecule has 190 valence electrons. The molecular weight excluding hydrogens is 492 g/mol. The van der Waals surface area contributed by atoms with Crippen LogP contribution in [0.4, 0.5) is 28.9 Å². The SMILES string of the molecule is CN1CCOc2ccc(/C(O)=C3\C(=O)C(=O)N(c4ccc(C(F)(F)F)cc4)C3c3ccccc3F)cc21. The number of aliphatic hydroxyl groups excluding tert-OH is 1. The number of aliphatic hydroxyl groups is 1. The fraction of sp³-hybridized carbons (Fsp3) is 0.185. The smallest absolute Gasteiger partial charge is 0.416 e. The number of fused-ring (bicyclic) bond motifs is 1. The van der Waals surface area contributed by atoms with Crippen LogP contribution in [0.5, 0.6) is 5.75 Å². The van der Waals surface area contributed by atoms with Crippen LogP contribution in [0.25, 0.3) is 5.76 Å². The van der Waals surface area contributed by atoms with E-state index < -0.39 is 41.0 Å². The van der Waals surface area contributed by atoms with Crippen molar-refractivity contribution in [3.8, 4) is 5.75 Å². The number of halogens is 4. The summed E-state index contributed by atoms with van der Waals surface area (Å²) in [6.07, 6.45) is -4.61. The number of carbonyl (C=O) groups is 2. The number of Topliss-reactive ketones (excluding diaryl/α,β-unsaturated/α-hetero) is 1. The lowest BCUT2D eigenvalue weighted by atomic mass is 9.94. The molecule has 0 aliphatic carbocycles. The molecule has 3 aromatic carbocycles. The van der Waals surface area contributed by atoms with Crippen molar-refractivity contribution in [1.82, 2.24) is 0 Å². The van der Waals surface area contributed by atoms with E-state index in [1.807, 2.05) is 11.9 Å². The quantitative estimate of drug-likeness (QED) is 0.223. The third-order valence-corrected chi connectivity index (χ3v) is 6.44. The fourth-order valence-corrected chi connectivity index (χ4v) is 4.55. The van der Waals surface area contributed by atoms with Gasteiger partial charge < -0.3 is 14.7 Å². The van der Waals surface area contributed by atoms with Crippen molar-refractivity contribution in [2.24, 2.45) is 0 Å². The molecule has 0 radical (unpaired) electrons. The number of ketones is 1. The van der Waals surface area contributed by atoms with Crippen LogP contribution in [-0.2, 0) is 15.8 Å². The van der Waals surface area contributed by atoms with Gasteiger partial charge in [-0.25, -0.2) is 4.39 Å². The van der Waals surface area contributed by atoms with Gasteiger partial charge in [0.05, 0.1) is 29.4 Å². The van der Waals surface area contributed by atoms with Gasteiger partial charge in [0.25, 0.3) is 11.7 Å². The van der Waals surface area contributed by atoms with E-state index in [0.717, 1.165) is 35.2 Å². The molecule has 10 heteroatoms. The first-order valence-corrected chi connectivity index (χ1v) is 11.3. The summed E-state index contributed by atoms with van der Waals surface area (Å²) in [5.74, 6) is -2.92. The maximum Gasteiger partial charge on any atom is 0.416 e. The molecule has 3 aromatic rings. The Kier molecular flexibility index (Phi) is 5.89. The second-order valence-corrected chi connectivity index (χ2v) is 8.69. The van der Waals surface area contributed by atoms with Crippen molar-refractivity contribution >= 4 is 28.8 Å². The second-order valence-electron chi connectivity index (χ2n) is 8.69. The van der Waals surface area contributed by atoms with Crippen molar-refractivity contribution < 1.29 is 37.0 Å². The van der Waals surface area contributed by atoms with E-state index in [9.17, 15) is 32.3 Å². The maximum absolute atomic E-state index is 15.0. The number of hydrogen-bond acceptors (Lipinski definition) is 5. The molecule has 5 rings (SSSR count). The molecule has 2 aliphatic heterocycles. The highest BCUT2D eigenvalue weighted by Gasteiger charge is 2.48. The van der Waals surface area contributed by atoms with Crippen molar-refractivity contribution in [1.29, 1.82) is 0 Å². The van der Waals surface area contributed by atoms with Gasteiger partial charge in [0.2, 0.25) is 0 Å². The fourth-order valence-electron chi connectivity index (χ4n) is 4.55. The number of rotatable bonds is 3. The summed E-state index contributed by atoms with van der Waals surface area (Å²) in [6, 6.07) is 12.3. The number of likely N-dealkylation sites (N-methyl/N-ethyl adjacent to an activating group) is 1. The average Bonchev–Trinajstić information content (AvgIpc) is 3.13. The van der Waals surface area contributed by atoms with E-state index in [1.54, 1.807) is 12.1 Å². The molecule has 6 nitrogen and oxygen atoms in total. The Morgan fingerprint density at radius 3 is 2.41 bits per heavy atom. The number of carbonyl (C=O) groups excluding carboxylic acids is 2. The molecule has 37 heavy (non-hydrogen) atoms. The zero-order valence-electron chi connectivity index (χ0n) is 19.4. The Morgan fingerprint density at radius 2 is 1.73 bits per heavy atom. The maximum atomic E-state index is 15.0. The number of nitrogens with zero attached hydrogens (tertiary/aromatic N) is 2. The minimum absolute atomic E-state index is 0.0547. The first-order chi connectivity index (χ1) is 17.6. The Bertz CT molecular complexity index is 1430. The zero-order valence-corrected chi connectivity index (χ0v) is 19.4. The van der Waals surface area contributed by atoms with Gasteiger partial charge in [-0.15, -0.1) is 0 Å². The third-order valence-electron chi connectivity index (χ3n) is 6.44. The minimum atomic E-state index is -4.61. The average molecular weight is 512 g/mol. The van der Waals surface area contributed by atoms with E-state index in [1.165, 1.54) is 24.3 Å². The van der Waals surface area contributed by atoms with E-state index in [4.69, 9.17) is 4.74 Å². The Morgan fingerprint density at radius 1 is 1.03 bits per heavy atom. The monoisotopic (exact) mass is 512 g/mol. The predicted molar refractivity (Wildman–Crippen MR) is 128 cm³/mol. The van der Waals surface area contributed by atoms with Crippen molar-refractivity contribution in [3.63, 3.8) is 0 Å². The van der Waals surface area contributed by atoms with Gasteiger partial charge in [-0.3, -0.25) is 14.5 Å². The van der Waals surface area contributed by atoms with Crippen molar-refractivity contribution in [2.75, 3.05) is 30.0 Å². The van der Waals surface area contributed by atoms with Crippen LogP contribution in [0.1, 0.15) is 22.7 Å². The summed E-state index contributed by atoms with van der Waals surface area (Å²) in [6.45, 7) is 1.06. The number of ether oxygens (including phenoxy) is 1. The topological polar surface area (TPSA) is 70.1 Å². The molecule has 0 spiro atoms. The molecule has 0 aromatic heterocycles. The molecule has 0 bridgehead atoms. The predicted octanol–water partition coefficient (Wildman–Crippen LogP) is 5.30. The molecule has 1 N–H and O–H groups in total. The molecule has 2 heterocycles. The standard InChI is InChI=1S/C27H20F4N2O4/c1-32-12-13-37-21-11-6-15(14-20(21)32)24(34)22-23(18-4-2-3-5-19(18)28)33(26(36)25(22)35)17-9-7-16(8-10-17)27(29,30)31/h2-11,14,23,34H,12-13H2,1H3/b24-22+. The number of benzene rings is 3. The lowest BCUT2D eigenvalue weighted by Gasteiger charge is -2.28. The number of anilines is 2. The van der Waals surface area contributed by atoms with Crippen molar-refractivity contribution in [2.45, 2.75) is 12.2 Å². The van der Waals surface area contributed by atoms with Crippen LogP contribution in [0.3, 0.4) is 0 Å².